The Kier molecular flexibility index (Phi) is 4.98. The van der Waals surface area contributed by atoms with Gasteiger partial charge in [0.25, 0.3) is 5.60 Å². The number of hydrogen-bond acceptors (Lipinski definition) is 8. The van der Waals surface area contributed by atoms with E-state index in [1.807, 2.05) is 0 Å². The van der Waals surface area contributed by atoms with Gasteiger partial charge in [0.2, 0.25) is 0 Å². The molecule has 0 saturated carbocycles. The lowest BCUT2D eigenvalue weighted by atomic mass is 9.81. The van der Waals surface area contributed by atoms with Crippen molar-refractivity contribution in [1.29, 1.82) is 0 Å². The van der Waals surface area contributed by atoms with Crippen LogP contribution in [0.25, 0.3) is 0 Å². The summed E-state index contributed by atoms with van der Waals surface area (Å²) in [6, 6.07) is 0. The minimum Gasteiger partial charge on any atom is -0.440 e. The molecule has 4 atom stereocenters. The van der Waals surface area contributed by atoms with Gasteiger partial charge in [-0.05, 0) is 13.8 Å². The number of aliphatic hydroxyl groups excluding tert-OH is 3. The van der Waals surface area contributed by atoms with Crippen LogP contribution < -0.4 is 0 Å². The van der Waals surface area contributed by atoms with Gasteiger partial charge in [0, 0.05) is 6.92 Å². The molecule has 8 nitrogen and oxygen atoms in total. The van der Waals surface area contributed by atoms with Gasteiger partial charge in [-0.2, -0.15) is 0 Å². The molecule has 0 aliphatic carbocycles. The van der Waals surface area contributed by atoms with Crippen molar-refractivity contribution in [3.63, 3.8) is 0 Å². The van der Waals surface area contributed by atoms with Crippen LogP contribution in [0, 0.1) is 6.61 Å². The molecule has 0 aromatic rings. The van der Waals surface area contributed by atoms with Crippen LogP contribution in [0.1, 0.15) is 20.8 Å². The first-order valence-electron chi connectivity index (χ1n) is 5.89. The lowest BCUT2D eigenvalue weighted by molar-refractivity contribution is -0.221. The summed E-state index contributed by atoms with van der Waals surface area (Å²) in [7, 11) is 0. The maximum absolute atomic E-state index is 11.8. The second-order valence-electron chi connectivity index (χ2n) is 4.61. The van der Waals surface area contributed by atoms with E-state index in [1.165, 1.54) is 0 Å². The standard InChI is InChI=1S/C12H17O8/c1-5(13)12(6(2)14,20-7(3)15)11-10(18)9(17)8(16)4-19-11/h4,8-11,16-18H,1-3H3/t8-,9+,10+,11-/m0/s1. The van der Waals surface area contributed by atoms with Crippen molar-refractivity contribution in [2.45, 2.75) is 50.8 Å². The number of Topliss-reactive ketones (excluding diaryl/α,β-unsaturated/α-hetero) is 2. The fourth-order valence-corrected chi connectivity index (χ4v) is 2.12. The van der Waals surface area contributed by atoms with E-state index in [-0.39, 0.29) is 0 Å². The van der Waals surface area contributed by atoms with Gasteiger partial charge in [-0.15, -0.1) is 0 Å². The Hall–Kier alpha value is -1.35. The Balaban J connectivity index is 3.26. The Morgan fingerprint density at radius 1 is 1.05 bits per heavy atom. The summed E-state index contributed by atoms with van der Waals surface area (Å²) >= 11 is 0. The van der Waals surface area contributed by atoms with Crippen molar-refractivity contribution < 1.29 is 39.2 Å². The van der Waals surface area contributed by atoms with E-state index in [4.69, 9.17) is 9.47 Å². The minimum atomic E-state index is -2.37. The molecule has 0 spiro atoms. The van der Waals surface area contributed by atoms with Crippen LogP contribution in [0.2, 0.25) is 0 Å². The van der Waals surface area contributed by atoms with Crippen molar-refractivity contribution in [3.8, 4) is 0 Å². The Morgan fingerprint density at radius 2 is 1.55 bits per heavy atom. The van der Waals surface area contributed by atoms with Gasteiger partial charge in [-0.3, -0.25) is 14.4 Å². The quantitative estimate of drug-likeness (QED) is 0.404. The van der Waals surface area contributed by atoms with Crippen molar-refractivity contribution in [2.75, 3.05) is 0 Å². The average molecular weight is 289 g/mol. The summed E-state index contributed by atoms with van der Waals surface area (Å²) in [5.74, 6) is -2.64. The molecule has 1 saturated heterocycles. The summed E-state index contributed by atoms with van der Waals surface area (Å²) in [4.78, 5) is 34.8. The van der Waals surface area contributed by atoms with Gasteiger partial charge < -0.3 is 24.8 Å². The molecule has 1 fully saturated rings. The SMILES string of the molecule is CC(=O)OC(C(C)=O)(C(C)=O)[C@H]1O[CH][C@H](O)[C@@H](O)[C@H]1O. The lowest BCUT2D eigenvalue weighted by Crippen LogP contribution is -2.66. The average Bonchev–Trinajstić information content (AvgIpc) is 2.32. The molecule has 1 rings (SSSR count). The minimum absolute atomic E-state index is 0.770. The number of aliphatic hydroxyl groups is 3. The lowest BCUT2D eigenvalue weighted by Gasteiger charge is -2.42. The smallest absolute Gasteiger partial charge is 0.304 e. The largest absolute Gasteiger partial charge is 0.440 e. The van der Waals surface area contributed by atoms with E-state index in [9.17, 15) is 29.7 Å². The molecule has 1 aliphatic heterocycles. The van der Waals surface area contributed by atoms with Crippen molar-refractivity contribution in [3.05, 3.63) is 6.61 Å². The molecule has 8 heteroatoms. The van der Waals surface area contributed by atoms with Crippen LogP contribution in [0.3, 0.4) is 0 Å². The van der Waals surface area contributed by atoms with Crippen LogP contribution >= 0.6 is 0 Å². The van der Waals surface area contributed by atoms with E-state index in [2.05, 4.69) is 0 Å². The summed E-state index contributed by atoms with van der Waals surface area (Å²) in [6.07, 6.45) is -6.60. The Morgan fingerprint density at radius 3 is 1.95 bits per heavy atom. The first-order chi connectivity index (χ1) is 9.14. The summed E-state index contributed by atoms with van der Waals surface area (Å²) in [6.45, 7) is 3.76. The predicted octanol–water partition coefficient (Wildman–Crippen LogP) is -1.89. The molecule has 0 aromatic carbocycles. The van der Waals surface area contributed by atoms with E-state index in [0.717, 1.165) is 27.4 Å². The molecular weight excluding hydrogens is 272 g/mol. The molecule has 1 aliphatic rings. The van der Waals surface area contributed by atoms with Crippen LogP contribution in [0.15, 0.2) is 0 Å². The van der Waals surface area contributed by atoms with Gasteiger partial charge in [-0.1, -0.05) is 0 Å². The number of carbonyl (C=O) groups is 3. The monoisotopic (exact) mass is 289 g/mol. The molecule has 113 valence electrons. The molecule has 1 heterocycles. The number of carbonyl (C=O) groups excluding carboxylic acids is 3. The van der Waals surface area contributed by atoms with Crippen LogP contribution in [-0.4, -0.2) is 62.9 Å². The first-order valence-corrected chi connectivity index (χ1v) is 5.89. The summed E-state index contributed by atoms with van der Waals surface area (Å²) < 4.78 is 9.78. The van der Waals surface area contributed by atoms with E-state index >= 15 is 0 Å². The van der Waals surface area contributed by atoms with E-state index < -0.39 is 47.6 Å². The van der Waals surface area contributed by atoms with Gasteiger partial charge in [-0.25, -0.2) is 0 Å². The topological polar surface area (TPSA) is 130 Å². The molecule has 3 N–H and O–H groups in total. The van der Waals surface area contributed by atoms with Crippen molar-refractivity contribution >= 4 is 17.5 Å². The highest BCUT2D eigenvalue weighted by Crippen LogP contribution is 2.31. The second kappa shape index (κ2) is 5.96. The highest BCUT2D eigenvalue weighted by Gasteiger charge is 2.58. The van der Waals surface area contributed by atoms with E-state index in [0.29, 0.717) is 0 Å². The van der Waals surface area contributed by atoms with Crippen molar-refractivity contribution in [2.24, 2.45) is 0 Å². The fraction of sp³-hybridized carbons (Fsp3) is 0.667. The van der Waals surface area contributed by atoms with Crippen LogP contribution in [0.4, 0.5) is 0 Å². The first kappa shape index (κ1) is 16.7. The molecule has 0 unspecified atom stereocenters. The fourth-order valence-electron chi connectivity index (χ4n) is 2.12. The maximum Gasteiger partial charge on any atom is 0.304 e. The van der Waals surface area contributed by atoms with Gasteiger partial charge >= 0.3 is 5.97 Å². The zero-order valence-corrected chi connectivity index (χ0v) is 11.3. The molecule has 0 bridgehead atoms. The molecular formula is C12H17O8. The molecule has 0 amide bonds. The highest BCUT2D eigenvalue weighted by atomic mass is 16.6. The third-order valence-corrected chi connectivity index (χ3v) is 3.13. The van der Waals surface area contributed by atoms with Crippen LogP contribution in [-0.2, 0) is 23.9 Å². The van der Waals surface area contributed by atoms with Gasteiger partial charge in [0.1, 0.15) is 31.0 Å². The number of ketones is 2. The number of ether oxygens (including phenoxy) is 2. The summed E-state index contributed by atoms with van der Waals surface area (Å²) in [5, 5.41) is 28.8. The maximum atomic E-state index is 11.8. The zero-order chi connectivity index (χ0) is 15.7. The Bertz CT molecular complexity index is 404. The molecule has 20 heavy (non-hydrogen) atoms. The predicted molar refractivity (Wildman–Crippen MR) is 63.1 cm³/mol. The number of hydrogen-bond donors (Lipinski definition) is 3. The zero-order valence-electron chi connectivity index (χ0n) is 11.3. The van der Waals surface area contributed by atoms with Crippen LogP contribution in [0.5, 0.6) is 0 Å². The molecule has 0 aromatic heterocycles. The normalized spacial score (nSPS) is 30.7. The summed E-state index contributed by atoms with van der Waals surface area (Å²) in [5.41, 5.74) is -2.37. The third-order valence-electron chi connectivity index (χ3n) is 3.13. The number of rotatable bonds is 4. The van der Waals surface area contributed by atoms with E-state index in [1.54, 1.807) is 0 Å². The highest BCUT2D eigenvalue weighted by molar-refractivity contribution is 6.10. The molecule has 1 radical (unpaired) electrons. The van der Waals surface area contributed by atoms with Gasteiger partial charge in [0.05, 0.1) is 0 Å². The second-order valence-corrected chi connectivity index (χ2v) is 4.61. The number of esters is 1. The van der Waals surface area contributed by atoms with Crippen molar-refractivity contribution in [1.82, 2.24) is 0 Å². The van der Waals surface area contributed by atoms with Gasteiger partial charge in [0.15, 0.2) is 11.6 Å². The Labute approximate surface area is 115 Å². The third kappa shape index (κ3) is 2.73.